The van der Waals surface area contributed by atoms with Gasteiger partial charge in [0.15, 0.2) is 0 Å². The first-order chi connectivity index (χ1) is 9.94. The van der Waals surface area contributed by atoms with Crippen LogP contribution in [0.15, 0.2) is 39.8 Å². The third kappa shape index (κ3) is 3.82. The molecule has 0 aliphatic heterocycles. The normalized spacial score (nSPS) is 11.6. The van der Waals surface area contributed by atoms with Crippen molar-refractivity contribution in [1.82, 2.24) is 14.9 Å². The summed E-state index contributed by atoms with van der Waals surface area (Å²) in [5.74, 6) is -0.854. The van der Waals surface area contributed by atoms with Crippen molar-refractivity contribution in [1.29, 1.82) is 0 Å². The molecule has 0 aliphatic rings. The van der Waals surface area contributed by atoms with Gasteiger partial charge in [0, 0.05) is 22.8 Å². The summed E-state index contributed by atoms with van der Waals surface area (Å²) in [5.41, 5.74) is 5.94. The predicted octanol–water partition coefficient (Wildman–Crippen LogP) is 1.32. The van der Waals surface area contributed by atoms with Crippen molar-refractivity contribution in [2.45, 2.75) is 18.0 Å². The van der Waals surface area contributed by atoms with Gasteiger partial charge in [0.05, 0.1) is 12.2 Å². The summed E-state index contributed by atoms with van der Waals surface area (Å²) in [4.78, 5) is -0.457. The van der Waals surface area contributed by atoms with Crippen LogP contribution >= 0.6 is 15.9 Å². The summed E-state index contributed by atoms with van der Waals surface area (Å²) in [5, 5.41) is 7.38. The van der Waals surface area contributed by atoms with Crippen molar-refractivity contribution in [2.75, 3.05) is 0 Å². The highest BCUT2D eigenvalue weighted by molar-refractivity contribution is 9.10. The average Bonchev–Trinajstić information content (AvgIpc) is 2.48. The highest BCUT2D eigenvalue weighted by Crippen LogP contribution is 2.24. The first-order valence-electron chi connectivity index (χ1n) is 5.88. The molecular weight excluding hydrogens is 363 g/mol. The Balaban J connectivity index is 2.30. The fourth-order valence-corrected chi connectivity index (χ4v) is 3.44. The van der Waals surface area contributed by atoms with E-state index in [9.17, 15) is 12.8 Å². The molecule has 0 atom stereocenters. The third-order valence-electron chi connectivity index (χ3n) is 2.66. The number of nitrogens with one attached hydrogen (secondary N) is 1. The van der Waals surface area contributed by atoms with Crippen LogP contribution in [0.1, 0.15) is 11.3 Å². The van der Waals surface area contributed by atoms with E-state index in [0.29, 0.717) is 10.2 Å². The minimum Gasteiger partial charge on any atom is -0.326 e. The quantitative estimate of drug-likeness (QED) is 0.822. The highest BCUT2D eigenvalue weighted by Gasteiger charge is 2.22. The molecule has 0 amide bonds. The van der Waals surface area contributed by atoms with Crippen LogP contribution in [-0.2, 0) is 23.1 Å². The molecule has 0 spiro atoms. The molecule has 112 valence electrons. The van der Waals surface area contributed by atoms with Crippen LogP contribution in [0.3, 0.4) is 0 Å². The second kappa shape index (κ2) is 6.56. The number of benzene rings is 1. The largest absolute Gasteiger partial charge is 0.326 e. The number of hydrogen-bond acceptors (Lipinski definition) is 5. The first kappa shape index (κ1) is 16.0. The van der Waals surface area contributed by atoms with Crippen LogP contribution in [0.4, 0.5) is 4.39 Å². The van der Waals surface area contributed by atoms with E-state index in [0.717, 1.165) is 0 Å². The van der Waals surface area contributed by atoms with Crippen molar-refractivity contribution in [3.63, 3.8) is 0 Å². The van der Waals surface area contributed by atoms with E-state index in [-0.39, 0.29) is 18.7 Å². The Morgan fingerprint density at radius 3 is 2.76 bits per heavy atom. The topological polar surface area (TPSA) is 98.0 Å². The zero-order valence-electron chi connectivity index (χ0n) is 10.8. The third-order valence-corrected chi connectivity index (χ3v) is 4.52. The number of hydrogen-bond donors (Lipinski definition) is 2. The Labute approximate surface area is 129 Å². The van der Waals surface area contributed by atoms with Gasteiger partial charge < -0.3 is 5.73 Å². The number of nitrogens with two attached hydrogens (primary N) is 1. The molecule has 0 radical (unpaired) electrons. The summed E-state index contributed by atoms with van der Waals surface area (Å²) >= 11 is 3.14. The van der Waals surface area contributed by atoms with Crippen LogP contribution < -0.4 is 10.5 Å². The Morgan fingerprint density at radius 1 is 1.38 bits per heavy atom. The first-order valence-corrected chi connectivity index (χ1v) is 8.16. The monoisotopic (exact) mass is 374 g/mol. The van der Waals surface area contributed by atoms with Crippen LogP contribution in [0.2, 0.25) is 0 Å². The summed E-state index contributed by atoms with van der Waals surface area (Å²) in [7, 11) is -4.02. The second-order valence-corrected chi connectivity index (χ2v) is 6.77. The summed E-state index contributed by atoms with van der Waals surface area (Å²) in [6.45, 7) is -0.183. The smallest absolute Gasteiger partial charge is 0.243 e. The minimum absolute atomic E-state index is 0.0832. The number of nitrogens with zero attached hydrogens (tertiary/aromatic N) is 2. The molecule has 2 aromatic rings. The zero-order valence-corrected chi connectivity index (χ0v) is 13.2. The molecular formula is C12H12BrFN4O2S. The van der Waals surface area contributed by atoms with Gasteiger partial charge in [-0.15, -0.1) is 0 Å². The van der Waals surface area contributed by atoms with E-state index in [1.165, 1.54) is 18.3 Å². The fourth-order valence-electron chi connectivity index (χ4n) is 1.64. The highest BCUT2D eigenvalue weighted by atomic mass is 79.9. The van der Waals surface area contributed by atoms with E-state index in [1.54, 1.807) is 12.1 Å². The van der Waals surface area contributed by atoms with Crippen LogP contribution in [0.25, 0.3) is 0 Å². The molecule has 0 aliphatic carbocycles. The van der Waals surface area contributed by atoms with E-state index in [4.69, 9.17) is 5.73 Å². The molecule has 21 heavy (non-hydrogen) atoms. The molecule has 3 N–H and O–H groups in total. The zero-order chi connectivity index (χ0) is 15.5. The van der Waals surface area contributed by atoms with Crippen LogP contribution in [-0.4, -0.2) is 18.6 Å². The lowest BCUT2D eigenvalue weighted by atomic mass is 10.2. The van der Waals surface area contributed by atoms with Crippen molar-refractivity contribution in [3.8, 4) is 0 Å². The van der Waals surface area contributed by atoms with E-state index in [1.807, 2.05) is 0 Å². The summed E-state index contributed by atoms with van der Waals surface area (Å²) in [6.07, 6.45) is 1.47. The summed E-state index contributed by atoms with van der Waals surface area (Å²) < 4.78 is 41.2. The van der Waals surface area contributed by atoms with Gasteiger partial charge in [-0.1, -0.05) is 15.9 Å². The molecule has 0 fully saturated rings. The van der Waals surface area contributed by atoms with Crippen LogP contribution in [0.5, 0.6) is 0 Å². The molecule has 6 nitrogen and oxygen atoms in total. The standard InChI is InChI=1S/C12H12BrFN4O2S/c13-9-4-8(6-15)12(14)11(5-9)21(19,20)17-7-10-2-1-3-16-18-10/h1-5,17H,6-7,15H2. The molecule has 1 aromatic heterocycles. The Kier molecular flexibility index (Phi) is 4.99. The lowest BCUT2D eigenvalue weighted by Gasteiger charge is -2.10. The Morgan fingerprint density at radius 2 is 2.14 bits per heavy atom. The van der Waals surface area contributed by atoms with Gasteiger partial charge >= 0.3 is 0 Å². The van der Waals surface area contributed by atoms with Gasteiger partial charge in [-0.2, -0.15) is 10.2 Å². The van der Waals surface area contributed by atoms with E-state index in [2.05, 4.69) is 30.8 Å². The Bertz CT molecular complexity index is 740. The molecule has 2 rings (SSSR count). The molecule has 0 saturated carbocycles. The number of aromatic nitrogens is 2. The van der Waals surface area contributed by atoms with Gasteiger partial charge in [0.25, 0.3) is 0 Å². The molecule has 0 unspecified atom stereocenters. The maximum absolute atomic E-state index is 14.1. The van der Waals surface area contributed by atoms with Crippen molar-refractivity contribution in [3.05, 3.63) is 52.0 Å². The Hall–Kier alpha value is -1.42. The fraction of sp³-hybridized carbons (Fsp3) is 0.167. The van der Waals surface area contributed by atoms with Gasteiger partial charge in [0.1, 0.15) is 10.7 Å². The summed E-state index contributed by atoms with van der Waals surface area (Å²) in [6, 6.07) is 5.87. The molecule has 9 heteroatoms. The number of sulfonamides is 1. The van der Waals surface area contributed by atoms with E-state index < -0.39 is 20.7 Å². The molecule has 1 heterocycles. The minimum atomic E-state index is -4.02. The van der Waals surface area contributed by atoms with Gasteiger partial charge in [-0.05, 0) is 24.3 Å². The lowest BCUT2D eigenvalue weighted by Crippen LogP contribution is -2.25. The molecule has 0 saturated heterocycles. The van der Waals surface area contributed by atoms with Gasteiger partial charge in [-0.25, -0.2) is 17.5 Å². The van der Waals surface area contributed by atoms with Crippen molar-refractivity contribution >= 4 is 26.0 Å². The second-order valence-electron chi connectivity index (χ2n) is 4.12. The number of halogens is 2. The predicted molar refractivity (Wildman–Crippen MR) is 78.0 cm³/mol. The van der Waals surface area contributed by atoms with Gasteiger partial charge in [-0.3, -0.25) is 0 Å². The maximum atomic E-state index is 14.1. The van der Waals surface area contributed by atoms with E-state index >= 15 is 0 Å². The molecule has 1 aromatic carbocycles. The SMILES string of the molecule is NCc1cc(Br)cc(S(=O)(=O)NCc2cccnn2)c1F. The molecule has 0 bridgehead atoms. The lowest BCUT2D eigenvalue weighted by molar-refractivity contribution is 0.548. The van der Waals surface area contributed by atoms with Crippen LogP contribution in [0, 0.1) is 5.82 Å². The van der Waals surface area contributed by atoms with Gasteiger partial charge in [0.2, 0.25) is 10.0 Å². The van der Waals surface area contributed by atoms with Crippen molar-refractivity contribution in [2.24, 2.45) is 5.73 Å². The maximum Gasteiger partial charge on any atom is 0.243 e. The average molecular weight is 375 g/mol. The van der Waals surface area contributed by atoms with Crippen molar-refractivity contribution < 1.29 is 12.8 Å². The number of rotatable bonds is 5.